The fraction of sp³-hybridized carbons (Fsp3) is 0.261. The first-order valence-corrected chi connectivity index (χ1v) is 10.6. The minimum atomic E-state index is -3.26. The van der Waals surface area contributed by atoms with Crippen LogP contribution in [0.25, 0.3) is 11.1 Å². The zero-order chi connectivity index (χ0) is 25.2. The van der Waals surface area contributed by atoms with Gasteiger partial charge in [-0.25, -0.2) is 33.1 Å². The van der Waals surface area contributed by atoms with Crippen LogP contribution in [0.4, 0.5) is 24.8 Å². The van der Waals surface area contributed by atoms with E-state index in [2.05, 4.69) is 31.8 Å². The normalized spacial score (nSPS) is 17.0. The molecular formula is C23H22F3N7O2. The molecule has 1 aromatic carbocycles. The van der Waals surface area contributed by atoms with E-state index in [1.807, 2.05) is 0 Å². The van der Waals surface area contributed by atoms with Crippen molar-refractivity contribution in [2.75, 3.05) is 23.7 Å². The van der Waals surface area contributed by atoms with Crippen molar-refractivity contribution in [3.8, 4) is 22.9 Å². The van der Waals surface area contributed by atoms with E-state index in [4.69, 9.17) is 10.5 Å². The van der Waals surface area contributed by atoms with Crippen LogP contribution in [0, 0.1) is 12.7 Å². The predicted octanol–water partition coefficient (Wildman–Crippen LogP) is 3.27. The number of carbonyl (C=O) groups excluding carboxylic acids is 1. The highest BCUT2D eigenvalue weighted by Gasteiger charge is 2.46. The van der Waals surface area contributed by atoms with Crippen LogP contribution in [-0.2, 0) is 4.79 Å². The lowest BCUT2D eigenvalue weighted by atomic mass is 9.99. The van der Waals surface area contributed by atoms with Crippen molar-refractivity contribution in [2.45, 2.75) is 25.3 Å². The van der Waals surface area contributed by atoms with Crippen molar-refractivity contribution in [2.24, 2.45) is 0 Å². The summed E-state index contributed by atoms with van der Waals surface area (Å²) in [5, 5.41) is 2.26. The van der Waals surface area contributed by atoms with Crippen molar-refractivity contribution in [1.29, 1.82) is 0 Å². The molecule has 3 aromatic rings. The number of carbonyl (C=O) groups is 1. The van der Waals surface area contributed by atoms with Gasteiger partial charge in [-0.3, -0.25) is 4.79 Å². The fourth-order valence-corrected chi connectivity index (χ4v) is 3.75. The third kappa shape index (κ3) is 5.15. The number of nitrogen functional groups attached to an aromatic ring is 1. The maximum Gasteiger partial charge on any atom is 0.322 e. The number of piperidine rings is 1. The van der Waals surface area contributed by atoms with Crippen molar-refractivity contribution in [1.82, 2.24) is 25.3 Å². The van der Waals surface area contributed by atoms with Gasteiger partial charge >= 0.3 is 6.01 Å². The van der Waals surface area contributed by atoms with E-state index in [1.54, 1.807) is 13.0 Å². The first-order chi connectivity index (χ1) is 16.7. The van der Waals surface area contributed by atoms with Gasteiger partial charge in [-0.1, -0.05) is 12.6 Å². The van der Waals surface area contributed by atoms with Gasteiger partial charge in [0.25, 0.3) is 5.92 Å². The zero-order valence-corrected chi connectivity index (χ0v) is 18.7. The molecule has 1 aliphatic rings. The number of hydrogen-bond donors (Lipinski definition) is 2. The van der Waals surface area contributed by atoms with Crippen LogP contribution in [0.15, 0.2) is 49.4 Å². The molecule has 4 rings (SSSR count). The van der Waals surface area contributed by atoms with Crippen LogP contribution in [0.2, 0.25) is 0 Å². The first-order valence-electron chi connectivity index (χ1n) is 10.6. The summed E-state index contributed by atoms with van der Waals surface area (Å²) < 4.78 is 50.0. The topological polar surface area (TPSA) is 119 Å². The van der Waals surface area contributed by atoms with Gasteiger partial charge in [0.1, 0.15) is 18.0 Å². The summed E-state index contributed by atoms with van der Waals surface area (Å²) in [6.07, 6.45) is 3.53. The second-order valence-electron chi connectivity index (χ2n) is 7.92. The quantitative estimate of drug-likeness (QED) is 0.511. The number of rotatable bonds is 6. The number of aryl methyl sites for hydroxylation is 1. The molecule has 3 N–H and O–H groups in total. The third-order valence-electron chi connectivity index (χ3n) is 5.45. The van der Waals surface area contributed by atoms with Gasteiger partial charge in [-0.2, -0.15) is 0 Å². The largest absolute Gasteiger partial charge is 0.421 e. The van der Waals surface area contributed by atoms with Crippen molar-refractivity contribution >= 4 is 17.5 Å². The minimum Gasteiger partial charge on any atom is -0.421 e. The molecule has 35 heavy (non-hydrogen) atoms. The average molecular weight is 485 g/mol. The SMILES string of the molecule is C=CC(=O)NC1CCN(c2ncnc(N)c2-c2ccc(Oc3nccc(C)n3)c(F)c2)CC1(F)F. The molecule has 3 heterocycles. The summed E-state index contributed by atoms with van der Waals surface area (Å²) in [5.41, 5.74) is 7.19. The molecule has 1 unspecified atom stereocenters. The molecule has 1 aliphatic heterocycles. The lowest BCUT2D eigenvalue weighted by Crippen LogP contribution is -2.58. The molecule has 12 heteroatoms. The number of amides is 1. The summed E-state index contributed by atoms with van der Waals surface area (Å²) >= 11 is 0. The van der Waals surface area contributed by atoms with Gasteiger partial charge in [0.2, 0.25) is 5.91 Å². The highest BCUT2D eigenvalue weighted by Crippen LogP contribution is 2.38. The van der Waals surface area contributed by atoms with E-state index in [-0.39, 0.29) is 47.5 Å². The third-order valence-corrected chi connectivity index (χ3v) is 5.45. The smallest absolute Gasteiger partial charge is 0.322 e. The molecular weight excluding hydrogens is 463 g/mol. The Labute approximate surface area is 198 Å². The van der Waals surface area contributed by atoms with Gasteiger partial charge in [-0.05, 0) is 43.2 Å². The Morgan fingerprint density at radius 2 is 2.11 bits per heavy atom. The first kappa shape index (κ1) is 23.9. The van der Waals surface area contributed by atoms with Gasteiger partial charge in [0.05, 0.1) is 18.2 Å². The van der Waals surface area contributed by atoms with E-state index in [0.29, 0.717) is 5.69 Å². The minimum absolute atomic E-state index is 0.00418. The van der Waals surface area contributed by atoms with Gasteiger partial charge < -0.3 is 20.7 Å². The summed E-state index contributed by atoms with van der Waals surface area (Å²) in [6.45, 7) is 4.45. The molecule has 2 aromatic heterocycles. The number of anilines is 2. The standard InChI is InChI=1S/C23H22F3N7O2/c1-3-18(34)32-17-7-9-33(11-23(17,25)26)21-19(20(27)29-12-30-21)14-4-5-16(15(24)10-14)35-22-28-8-6-13(2)31-22/h3-6,8,10,12,17H,1,7,9,11H2,2H3,(H,32,34)(H2,27,29,30). The van der Waals surface area contributed by atoms with E-state index in [9.17, 15) is 18.0 Å². The van der Waals surface area contributed by atoms with Crippen LogP contribution in [0.5, 0.6) is 11.8 Å². The molecule has 1 amide bonds. The maximum absolute atomic E-state index is 14.9. The summed E-state index contributed by atoms with van der Waals surface area (Å²) in [7, 11) is 0. The van der Waals surface area contributed by atoms with Gasteiger partial charge in [0.15, 0.2) is 11.6 Å². The molecule has 182 valence electrons. The maximum atomic E-state index is 14.9. The number of nitrogens with one attached hydrogen (secondary N) is 1. The molecule has 0 bridgehead atoms. The number of nitrogens with zero attached hydrogens (tertiary/aromatic N) is 5. The highest BCUT2D eigenvalue weighted by molar-refractivity contribution is 5.87. The van der Waals surface area contributed by atoms with E-state index < -0.39 is 30.2 Å². The zero-order valence-electron chi connectivity index (χ0n) is 18.7. The molecule has 0 radical (unpaired) electrons. The summed E-state index contributed by atoms with van der Waals surface area (Å²) in [6, 6.07) is 4.32. The van der Waals surface area contributed by atoms with Crippen LogP contribution in [0.3, 0.4) is 0 Å². The van der Waals surface area contributed by atoms with Crippen molar-refractivity contribution < 1.29 is 22.7 Å². The molecule has 9 nitrogen and oxygen atoms in total. The van der Waals surface area contributed by atoms with Crippen LogP contribution in [-0.4, -0.2) is 50.9 Å². The summed E-state index contributed by atoms with van der Waals surface area (Å²) in [5.74, 6) is -4.68. The highest BCUT2D eigenvalue weighted by atomic mass is 19.3. The van der Waals surface area contributed by atoms with E-state index >= 15 is 0 Å². The molecule has 1 saturated heterocycles. The van der Waals surface area contributed by atoms with Crippen LogP contribution >= 0.6 is 0 Å². The second-order valence-corrected chi connectivity index (χ2v) is 7.92. The summed E-state index contributed by atoms with van der Waals surface area (Å²) in [4.78, 5) is 29.0. The number of aromatic nitrogens is 4. The Morgan fingerprint density at radius 1 is 1.31 bits per heavy atom. The number of nitrogens with two attached hydrogens (primary N) is 1. The Morgan fingerprint density at radius 3 is 2.80 bits per heavy atom. The predicted molar refractivity (Wildman–Crippen MR) is 123 cm³/mol. The Balaban J connectivity index is 1.62. The molecule has 1 fully saturated rings. The number of alkyl halides is 2. The number of hydrogen-bond acceptors (Lipinski definition) is 8. The number of halogens is 3. The Hall–Kier alpha value is -4.22. The second kappa shape index (κ2) is 9.57. The Bertz CT molecular complexity index is 1270. The average Bonchev–Trinajstić information content (AvgIpc) is 2.81. The van der Waals surface area contributed by atoms with Crippen molar-refractivity contribution in [3.63, 3.8) is 0 Å². The fourth-order valence-electron chi connectivity index (χ4n) is 3.75. The molecule has 0 aliphatic carbocycles. The van der Waals surface area contributed by atoms with E-state index in [0.717, 1.165) is 18.5 Å². The number of benzene rings is 1. The van der Waals surface area contributed by atoms with Crippen molar-refractivity contribution in [3.05, 3.63) is 61.0 Å². The lowest BCUT2D eigenvalue weighted by molar-refractivity contribution is -0.121. The van der Waals surface area contributed by atoms with Gasteiger partial charge in [-0.15, -0.1) is 0 Å². The lowest BCUT2D eigenvalue weighted by Gasteiger charge is -2.39. The van der Waals surface area contributed by atoms with Crippen LogP contribution < -0.4 is 20.7 Å². The molecule has 0 saturated carbocycles. The number of ether oxygens (including phenoxy) is 1. The molecule has 0 spiro atoms. The monoisotopic (exact) mass is 485 g/mol. The van der Waals surface area contributed by atoms with E-state index in [1.165, 1.54) is 23.2 Å². The Kier molecular flexibility index (Phi) is 6.54. The molecule has 1 atom stereocenters. The van der Waals surface area contributed by atoms with Crippen LogP contribution in [0.1, 0.15) is 12.1 Å². The van der Waals surface area contributed by atoms with Gasteiger partial charge in [0, 0.05) is 18.4 Å².